The lowest BCUT2D eigenvalue weighted by molar-refractivity contribution is -0.142. The first-order chi connectivity index (χ1) is 7.81. The molecular formula is C9H8F3NO4. The van der Waals surface area contributed by atoms with E-state index in [1.807, 2.05) is 0 Å². The van der Waals surface area contributed by atoms with Crippen LogP contribution in [0.25, 0.3) is 0 Å². The zero-order valence-electron chi connectivity index (χ0n) is 8.83. The van der Waals surface area contributed by atoms with Gasteiger partial charge in [-0.1, -0.05) is 0 Å². The van der Waals surface area contributed by atoms with E-state index in [0.29, 0.717) is 0 Å². The molecule has 0 aliphatic heterocycles. The van der Waals surface area contributed by atoms with E-state index in [-0.39, 0.29) is 5.88 Å². The quantitative estimate of drug-likeness (QED) is 0.887. The number of alkyl halides is 3. The summed E-state index contributed by atoms with van der Waals surface area (Å²) in [7, 11) is 2.17. The van der Waals surface area contributed by atoms with Gasteiger partial charge in [-0.15, -0.1) is 0 Å². The van der Waals surface area contributed by atoms with Crippen LogP contribution in [0.4, 0.5) is 13.2 Å². The zero-order chi connectivity index (χ0) is 13.2. The minimum absolute atomic E-state index is 0.376. The molecule has 1 aromatic rings. The Kier molecular flexibility index (Phi) is 3.45. The first-order valence-corrected chi connectivity index (χ1v) is 4.24. The van der Waals surface area contributed by atoms with Crippen molar-refractivity contribution in [1.82, 2.24) is 4.98 Å². The summed E-state index contributed by atoms with van der Waals surface area (Å²) in [5, 5.41) is 8.74. The fourth-order valence-corrected chi connectivity index (χ4v) is 1.18. The molecule has 1 N–H and O–H groups in total. The second kappa shape index (κ2) is 4.48. The van der Waals surface area contributed by atoms with Crippen molar-refractivity contribution in [3.05, 3.63) is 17.3 Å². The molecule has 0 aliphatic rings. The molecule has 0 saturated heterocycles. The largest absolute Gasteiger partial charge is 0.496 e. The van der Waals surface area contributed by atoms with Crippen LogP contribution >= 0.6 is 0 Å². The minimum Gasteiger partial charge on any atom is -0.496 e. The van der Waals surface area contributed by atoms with Crippen molar-refractivity contribution in [2.24, 2.45) is 0 Å². The number of nitrogens with zero attached hydrogens (tertiary/aromatic N) is 1. The van der Waals surface area contributed by atoms with Gasteiger partial charge in [0.1, 0.15) is 11.3 Å². The molecule has 1 aromatic heterocycles. The van der Waals surface area contributed by atoms with Gasteiger partial charge in [-0.25, -0.2) is 9.78 Å². The lowest BCUT2D eigenvalue weighted by Gasteiger charge is -2.13. The van der Waals surface area contributed by atoms with E-state index in [9.17, 15) is 18.0 Å². The smallest absolute Gasteiger partial charge is 0.434 e. The molecule has 0 atom stereocenters. The number of aromatic nitrogens is 1. The molecule has 0 spiro atoms. The monoisotopic (exact) mass is 251 g/mol. The van der Waals surface area contributed by atoms with Crippen molar-refractivity contribution in [1.29, 1.82) is 0 Å². The van der Waals surface area contributed by atoms with Crippen LogP contribution in [-0.4, -0.2) is 30.3 Å². The number of hydrogen-bond donors (Lipinski definition) is 1. The van der Waals surface area contributed by atoms with Crippen LogP contribution in [0, 0.1) is 0 Å². The van der Waals surface area contributed by atoms with Crippen LogP contribution in [0.3, 0.4) is 0 Å². The van der Waals surface area contributed by atoms with Gasteiger partial charge in [-0.3, -0.25) is 0 Å². The van der Waals surface area contributed by atoms with Gasteiger partial charge in [0.2, 0.25) is 5.88 Å². The molecule has 0 aliphatic carbocycles. The van der Waals surface area contributed by atoms with E-state index in [1.165, 1.54) is 0 Å². The lowest BCUT2D eigenvalue weighted by atomic mass is 10.1. The number of hydrogen-bond acceptors (Lipinski definition) is 4. The van der Waals surface area contributed by atoms with Crippen molar-refractivity contribution in [3.8, 4) is 11.6 Å². The SMILES string of the molecule is COc1cc(OC)c(C(=O)O)c(C(F)(F)F)n1. The third-order valence-electron chi connectivity index (χ3n) is 1.87. The predicted octanol–water partition coefficient (Wildman–Crippen LogP) is 1.82. The lowest BCUT2D eigenvalue weighted by Crippen LogP contribution is -2.17. The van der Waals surface area contributed by atoms with Gasteiger partial charge >= 0.3 is 12.1 Å². The highest BCUT2D eigenvalue weighted by molar-refractivity contribution is 5.92. The number of carboxylic acids is 1. The van der Waals surface area contributed by atoms with Gasteiger partial charge in [0.25, 0.3) is 0 Å². The maximum absolute atomic E-state index is 12.6. The molecule has 94 valence electrons. The summed E-state index contributed by atoms with van der Waals surface area (Å²) < 4.78 is 46.9. The summed E-state index contributed by atoms with van der Waals surface area (Å²) in [5.41, 5.74) is -2.60. The number of halogens is 3. The molecule has 1 heterocycles. The molecule has 8 heteroatoms. The van der Waals surface area contributed by atoms with Gasteiger partial charge in [0.15, 0.2) is 5.69 Å². The standard InChI is InChI=1S/C9H8F3NO4/c1-16-4-3-5(17-2)13-7(9(10,11)12)6(4)8(14)15/h3H,1-2H3,(H,14,15). The van der Waals surface area contributed by atoms with Crippen LogP contribution in [0.15, 0.2) is 6.07 Å². The molecule has 5 nitrogen and oxygen atoms in total. The van der Waals surface area contributed by atoms with Gasteiger partial charge in [0, 0.05) is 6.07 Å². The average Bonchev–Trinajstić information content (AvgIpc) is 2.25. The van der Waals surface area contributed by atoms with E-state index < -0.39 is 29.2 Å². The van der Waals surface area contributed by atoms with Crippen molar-refractivity contribution < 1.29 is 32.5 Å². The molecule has 0 aromatic carbocycles. The van der Waals surface area contributed by atoms with Crippen molar-refractivity contribution >= 4 is 5.97 Å². The number of pyridine rings is 1. The summed E-state index contributed by atoms with van der Waals surface area (Å²) >= 11 is 0. The van der Waals surface area contributed by atoms with Crippen LogP contribution in [-0.2, 0) is 6.18 Å². The van der Waals surface area contributed by atoms with E-state index in [1.54, 1.807) is 0 Å². The first kappa shape index (κ1) is 13.1. The van der Waals surface area contributed by atoms with Crippen molar-refractivity contribution in [2.45, 2.75) is 6.18 Å². The first-order valence-electron chi connectivity index (χ1n) is 4.24. The average molecular weight is 251 g/mol. The molecule has 17 heavy (non-hydrogen) atoms. The van der Waals surface area contributed by atoms with E-state index in [4.69, 9.17) is 5.11 Å². The Morgan fingerprint density at radius 2 is 1.94 bits per heavy atom. The molecule has 0 amide bonds. The maximum atomic E-state index is 12.6. The highest BCUT2D eigenvalue weighted by Gasteiger charge is 2.40. The second-order valence-corrected chi connectivity index (χ2v) is 2.89. The summed E-state index contributed by atoms with van der Waals surface area (Å²) in [5.74, 6) is -2.61. The Balaban J connectivity index is 3.58. The Morgan fingerprint density at radius 3 is 2.29 bits per heavy atom. The number of rotatable bonds is 3. The van der Waals surface area contributed by atoms with Crippen LogP contribution in [0.1, 0.15) is 16.1 Å². The summed E-state index contributed by atoms with van der Waals surface area (Å²) in [6.07, 6.45) is -4.91. The van der Waals surface area contributed by atoms with Gasteiger partial charge in [-0.05, 0) is 0 Å². The Labute approximate surface area is 93.8 Å². The Morgan fingerprint density at radius 1 is 1.35 bits per heavy atom. The van der Waals surface area contributed by atoms with E-state index >= 15 is 0 Å². The summed E-state index contributed by atoms with van der Waals surface area (Å²) in [4.78, 5) is 13.9. The second-order valence-electron chi connectivity index (χ2n) is 2.89. The number of carbonyl (C=O) groups is 1. The number of ether oxygens (including phenoxy) is 2. The van der Waals surface area contributed by atoms with Gasteiger partial charge in [-0.2, -0.15) is 13.2 Å². The molecule has 0 radical (unpaired) electrons. The molecule has 0 unspecified atom stereocenters. The molecule has 1 rings (SSSR count). The molecular weight excluding hydrogens is 243 g/mol. The van der Waals surface area contributed by atoms with Crippen LogP contribution in [0.5, 0.6) is 11.6 Å². The zero-order valence-corrected chi connectivity index (χ0v) is 8.83. The Bertz CT molecular complexity index is 445. The summed E-state index contributed by atoms with van der Waals surface area (Å²) in [6.45, 7) is 0. The molecule has 0 bridgehead atoms. The van der Waals surface area contributed by atoms with Crippen molar-refractivity contribution in [3.63, 3.8) is 0 Å². The third kappa shape index (κ3) is 2.58. The maximum Gasteiger partial charge on any atom is 0.434 e. The number of aromatic carboxylic acids is 1. The summed E-state index contributed by atoms with van der Waals surface area (Å²) in [6, 6.07) is 0.971. The number of carboxylic acid groups (broad SMARTS) is 1. The van der Waals surface area contributed by atoms with Crippen LogP contribution < -0.4 is 9.47 Å². The third-order valence-corrected chi connectivity index (χ3v) is 1.87. The van der Waals surface area contributed by atoms with Gasteiger partial charge < -0.3 is 14.6 Å². The Hall–Kier alpha value is -1.99. The molecule has 0 fully saturated rings. The number of methoxy groups -OCH3 is 2. The van der Waals surface area contributed by atoms with E-state index in [2.05, 4.69) is 14.5 Å². The van der Waals surface area contributed by atoms with Crippen LogP contribution in [0.2, 0.25) is 0 Å². The highest BCUT2D eigenvalue weighted by Crippen LogP contribution is 2.36. The van der Waals surface area contributed by atoms with E-state index in [0.717, 1.165) is 20.3 Å². The fraction of sp³-hybridized carbons (Fsp3) is 0.333. The van der Waals surface area contributed by atoms with Crippen molar-refractivity contribution in [2.75, 3.05) is 14.2 Å². The normalized spacial score (nSPS) is 11.1. The fourth-order valence-electron chi connectivity index (χ4n) is 1.18. The predicted molar refractivity (Wildman–Crippen MR) is 49.3 cm³/mol. The minimum atomic E-state index is -4.91. The topological polar surface area (TPSA) is 68.7 Å². The molecule has 0 saturated carbocycles. The highest BCUT2D eigenvalue weighted by atomic mass is 19.4. The van der Waals surface area contributed by atoms with Gasteiger partial charge in [0.05, 0.1) is 14.2 Å².